The first kappa shape index (κ1) is 15.0. The number of carbonyl (C=O) groups excluding carboxylic acids is 1. The van der Waals surface area contributed by atoms with Crippen LogP contribution in [0.1, 0.15) is 12.8 Å². The van der Waals surface area contributed by atoms with Gasteiger partial charge in [-0.25, -0.2) is 13.1 Å². The van der Waals surface area contributed by atoms with Crippen molar-refractivity contribution in [1.29, 1.82) is 0 Å². The Morgan fingerprint density at radius 2 is 2.10 bits per heavy atom. The van der Waals surface area contributed by atoms with Crippen molar-refractivity contribution in [2.45, 2.75) is 17.7 Å². The summed E-state index contributed by atoms with van der Waals surface area (Å²) in [6, 6.07) is 6.39. The molecule has 0 aromatic heterocycles. The number of anilines is 1. The number of rotatable bonds is 4. The Morgan fingerprint density at radius 3 is 2.75 bits per heavy atom. The van der Waals surface area contributed by atoms with Gasteiger partial charge < -0.3 is 10.6 Å². The zero-order valence-corrected chi connectivity index (χ0v) is 12.2. The van der Waals surface area contributed by atoms with Gasteiger partial charge in [-0.05, 0) is 38.6 Å². The number of carbonyl (C=O) groups is 1. The third-order valence-corrected chi connectivity index (χ3v) is 4.84. The van der Waals surface area contributed by atoms with E-state index in [-0.39, 0.29) is 16.7 Å². The highest BCUT2D eigenvalue weighted by Gasteiger charge is 2.23. The summed E-state index contributed by atoms with van der Waals surface area (Å²) in [6.45, 7) is 1.56. The van der Waals surface area contributed by atoms with Crippen LogP contribution in [0.5, 0.6) is 0 Å². The van der Waals surface area contributed by atoms with Crippen LogP contribution in [0, 0.1) is 5.92 Å². The second kappa shape index (κ2) is 6.34. The predicted molar refractivity (Wildman–Crippen MR) is 76.9 cm³/mol. The minimum Gasteiger partial charge on any atom is -0.325 e. The number of amides is 1. The third-order valence-electron chi connectivity index (χ3n) is 3.37. The van der Waals surface area contributed by atoms with Gasteiger partial charge in [-0.15, -0.1) is 0 Å². The normalized spacial score (nSPS) is 19.6. The van der Waals surface area contributed by atoms with Crippen LogP contribution in [-0.4, -0.2) is 34.5 Å². The first-order valence-corrected chi connectivity index (χ1v) is 8.07. The largest absolute Gasteiger partial charge is 0.325 e. The summed E-state index contributed by atoms with van der Waals surface area (Å²) in [4.78, 5) is 12.3. The number of para-hydroxylation sites is 1. The molecule has 110 valence electrons. The fraction of sp³-hybridized carbons (Fsp3) is 0.462. The van der Waals surface area contributed by atoms with Crippen LogP contribution in [0.15, 0.2) is 29.2 Å². The highest BCUT2D eigenvalue weighted by molar-refractivity contribution is 7.89. The molecule has 1 saturated heterocycles. The van der Waals surface area contributed by atoms with Crippen molar-refractivity contribution in [1.82, 2.24) is 10.0 Å². The number of sulfonamides is 1. The van der Waals surface area contributed by atoms with E-state index in [1.165, 1.54) is 13.1 Å². The maximum absolute atomic E-state index is 12.2. The van der Waals surface area contributed by atoms with Crippen molar-refractivity contribution in [2.75, 3.05) is 25.5 Å². The quantitative estimate of drug-likeness (QED) is 0.756. The van der Waals surface area contributed by atoms with Gasteiger partial charge in [-0.2, -0.15) is 0 Å². The molecule has 1 aromatic carbocycles. The molecule has 1 atom stereocenters. The monoisotopic (exact) mass is 297 g/mol. The van der Waals surface area contributed by atoms with E-state index in [1.54, 1.807) is 18.2 Å². The average molecular weight is 297 g/mol. The molecule has 3 N–H and O–H groups in total. The molecular formula is C13H19N3O3S. The summed E-state index contributed by atoms with van der Waals surface area (Å²) in [5.41, 5.74) is 0.317. The smallest absolute Gasteiger partial charge is 0.242 e. The fourth-order valence-corrected chi connectivity index (χ4v) is 3.11. The first-order chi connectivity index (χ1) is 9.54. The number of hydrogen-bond acceptors (Lipinski definition) is 4. The Kier molecular flexibility index (Phi) is 4.74. The van der Waals surface area contributed by atoms with Crippen LogP contribution in [0.3, 0.4) is 0 Å². The van der Waals surface area contributed by atoms with Crippen molar-refractivity contribution < 1.29 is 13.2 Å². The summed E-state index contributed by atoms with van der Waals surface area (Å²) in [7, 11) is -2.24. The van der Waals surface area contributed by atoms with Crippen molar-refractivity contribution in [3.05, 3.63) is 24.3 Å². The van der Waals surface area contributed by atoms with Crippen LogP contribution < -0.4 is 15.4 Å². The van der Waals surface area contributed by atoms with Gasteiger partial charge in [0.05, 0.1) is 11.6 Å². The molecule has 1 aliphatic rings. The summed E-state index contributed by atoms with van der Waals surface area (Å²) in [5, 5.41) is 5.89. The molecule has 7 heteroatoms. The Labute approximate surface area is 119 Å². The number of nitrogens with one attached hydrogen (secondary N) is 3. The van der Waals surface area contributed by atoms with E-state index in [2.05, 4.69) is 15.4 Å². The van der Waals surface area contributed by atoms with E-state index in [0.29, 0.717) is 12.2 Å². The molecule has 1 amide bonds. The molecule has 0 unspecified atom stereocenters. The van der Waals surface area contributed by atoms with Gasteiger partial charge in [0, 0.05) is 6.54 Å². The molecule has 1 heterocycles. The molecule has 0 radical (unpaired) electrons. The highest BCUT2D eigenvalue weighted by Crippen LogP contribution is 2.22. The fourth-order valence-electron chi connectivity index (χ4n) is 2.22. The standard InChI is InChI=1S/C13H19N3O3S/c1-14-20(18,19)12-7-3-2-6-11(12)16-13(17)10-5-4-8-15-9-10/h2-3,6-7,10,14-15H,4-5,8-9H2,1H3,(H,16,17)/t10-/m0/s1. The summed E-state index contributed by atoms with van der Waals surface area (Å²) < 4.78 is 26.1. The lowest BCUT2D eigenvalue weighted by Gasteiger charge is -2.22. The van der Waals surface area contributed by atoms with Crippen LogP contribution in [-0.2, 0) is 14.8 Å². The average Bonchev–Trinajstić information content (AvgIpc) is 2.48. The molecule has 20 heavy (non-hydrogen) atoms. The van der Waals surface area contributed by atoms with E-state index in [4.69, 9.17) is 0 Å². The molecule has 2 rings (SSSR count). The predicted octanol–water partition coefficient (Wildman–Crippen LogP) is 0.533. The van der Waals surface area contributed by atoms with Gasteiger partial charge in [0.15, 0.2) is 0 Å². The molecule has 6 nitrogen and oxygen atoms in total. The van der Waals surface area contributed by atoms with Gasteiger partial charge in [0.2, 0.25) is 15.9 Å². The van der Waals surface area contributed by atoms with Gasteiger partial charge in [0.25, 0.3) is 0 Å². The summed E-state index contributed by atoms with van der Waals surface area (Å²) in [5.74, 6) is -0.259. The zero-order valence-electron chi connectivity index (χ0n) is 11.3. The summed E-state index contributed by atoms with van der Waals surface area (Å²) >= 11 is 0. The van der Waals surface area contributed by atoms with E-state index in [1.807, 2.05) is 0 Å². The Hall–Kier alpha value is -1.44. The van der Waals surface area contributed by atoms with E-state index in [9.17, 15) is 13.2 Å². The number of hydrogen-bond donors (Lipinski definition) is 3. The van der Waals surface area contributed by atoms with Gasteiger partial charge in [0.1, 0.15) is 4.90 Å². The number of benzene rings is 1. The Bertz CT molecular complexity index is 580. The lowest BCUT2D eigenvalue weighted by molar-refractivity contribution is -0.120. The SMILES string of the molecule is CNS(=O)(=O)c1ccccc1NC(=O)[C@H]1CCCNC1. The van der Waals surface area contributed by atoms with Gasteiger partial charge >= 0.3 is 0 Å². The second-order valence-corrected chi connectivity index (χ2v) is 6.59. The molecule has 1 fully saturated rings. The molecule has 1 aromatic rings. The van der Waals surface area contributed by atoms with Crippen LogP contribution in [0.2, 0.25) is 0 Å². The van der Waals surface area contributed by atoms with E-state index in [0.717, 1.165) is 19.4 Å². The molecular weight excluding hydrogens is 278 g/mol. The van der Waals surface area contributed by atoms with Gasteiger partial charge in [-0.3, -0.25) is 4.79 Å². The van der Waals surface area contributed by atoms with Crippen LogP contribution in [0.4, 0.5) is 5.69 Å². The molecule has 0 bridgehead atoms. The van der Waals surface area contributed by atoms with Crippen LogP contribution in [0.25, 0.3) is 0 Å². The molecule has 0 spiro atoms. The highest BCUT2D eigenvalue weighted by atomic mass is 32.2. The Morgan fingerprint density at radius 1 is 1.35 bits per heavy atom. The van der Waals surface area contributed by atoms with Crippen molar-refractivity contribution in [3.8, 4) is 0 Å². The zero-order chi connectivity index (χ0) is 14.6. The topological polar surface area (TPSA) is 87.3 Å². The second-order valence-electron chi connectivity index (χ2n) is 4.74. The Balaban J connectivity index is 2.19. The van der Waals surface area contributed by atoms with Crippen molar-refractivity contribution in [2.24, 2.45) is 5.92 Å². The van der Waals surface area contributed by atoms with E-state index >= 15 is 0 Å². The lowest BCUT2D eigenvalue weighted by Crippen LogP contribution is -2.37. The van der Waals surface area contributed by atoms with Crippen molar-refractivity contribution in [3.63, 3.8) is 0 Å². The molecule has 0 aliphatic carbocycles. The lowest BCUT2D eigenvalue weighted by atomic mass is 9.99. The molecule has 1 aliphatic heterocycles. The summed E-state index contributed by atoms with van der Waals surface area (Å²) in [6.07, 6.45) is 1.77. The molecule has 0 saturated carbocycles. The minimum absolute atomic E-state index is 0.0830. The van der Waals surface area contributed by atoms with Crippen molar-refractivity contribution >= 4 is 21.6 Å². The van der Waals surface area contributed by atoms with Gasteiger partial charge in [-0.1, -0.05) is 12.1 Å². The first-order valence-electron chi connectivity index (χ1n) is 6.59. The minimum atomic E-state index is -3.59. The maximum Gasteiger partial charge on any atom is 0.242 e. The number of piperidine rings is 1. The third kappa shape index (κ3) is 3.36. The maximum atomic E-state index is 12.2. The van der Waals surface area contributed by atoms with Crippen LogP contribution >= 0.6 is 0 Å². The van der Waals surface area contributed by atoms with E-state index < -0.39 is 10.0 Å².